The summed E-state index contributed by atoms with van der Waals surface area (Å²) in [6.45, 7) is 2.90. The molecular formula is C6H13NOS. The summed E-state index contributed by atoms with van der Waals surface area (Å²) in [5.41, 5.74) is 0. The van der Waals surface area contributed by atoms with E-state index >= 15 is 0 Å². The molecule has 54 valence electrons. The van der Waals surface area contributed by atoms with Crippen molar-refractivity contribution in [1.82, 2.24) is 0 Å². The van der Waals surface area contributed by atoms with E-state index in [9.17, 15) is 4.21 Å². The molecule has 0 saturated heterocycles. The highest BCUT2D eigenvalue weighted by molar-refractivity contribution is 7.54. The molecule has 0 aliphatic heterocycles. The summed E-state index contributed by atoms with van der Waals surface area (Å²) in [7, 11) is 0. The largest absolute Gasteiger partial charge is 0.199 e. The van der Waals surface area contributed by atoms with Crippen LogP contribution in [0.5, 0.6) is 0 Å². The summed E-state index contributed by atoms with van der Waals surface area (Å²) < 4.78 is 13.3. The molecule has 2 nitrogen and oxygen atoms in total. The van der Waals surface area contributed by atoms with Crippen LogP contribution in [0.3, 0.4) is 0 Å². The predicted octanol–water partition coefficient (Wildman–Crippen LogP) is 1.96. The van der Waals surface area contributed by atoms with Crippen LogP contribution in [0.4, 0.5) is 0 Å². The first-order valence-corrected chi connectivity index (χ1v) is 4.07. The van der Waals surface area contributed by atoms with Gasteiger partial charge in [-0.05, 0) is 6.42 Å². The highest BCUT2D eigenvalue weighted by atomic mass is 32.1. The normalized spacial score (nSPS) is 9.00. The maximum Gasteiger partial charge on any atom is 0.199 e. The Hall–Kier alpha value is -0.180. The Bertz CT molecular complexity index is 99.2. The minimum Gasteiger partial charge on any atom is -0.194 e. The van der Waals surface area contributed by atoms with Crippen LogP contribution in [0.1, 0.15) is 32.6 Å². The smallest absolute Gasteiger partial charge is 0.194 e. The van der Waals surface area contributed by atoms with Gasteiger partial charge in [0.15, 0.2) is 11.5 Å². The average molecular weight is 147 g/mol. The van der Waals surface area contributed by atoms with Gasteiger partial charge in [-0.1, -0.05) is 26.2 Å². The predicted molar refractivity (Wildman–Crippen MR) is 39.6 cm³/mol. The molecule has 0 rings (SSSR count). The van der Waals surface area contributed by atoms with Crippen molar-refractivity contribution in [3.8, 4) is 0 Å². The number of rotatable bonds is 5. The van der Waals surface area contributed by atoms with Gasteiger partial charge in [-0.2, -0.15) is 8.57 Å². The summed E-state index contributed by atoms with van der Waals surface area (Å²) in [6, 6.07) is 0. The summed E-state index contributed by atoms with van der Waals surface area (Å²) in [6.07, 6.45) is 4.78. The van der Waals surface area contributed by atoms with Crippen LogP contribution in [-0.2, 0) is 11.5 Å². The van der Waals surface area contributed by atoms with Crippen LogP contribution in [0, 0.1) is 0 Å². The van der Waals surface area contributed by atoms with Gasteiger partial charge in [-0.25, -0.2) is 0 Å². The molecule has 0 amide bonds. The van der Waals surface area contributed by atoms with Gasteiger partial charge in [0.25, 0.3) is 0 Å². The second kappa shape index (κ2) is 7.82. The minimum atomic E-state index is 0.335. The van der Waals surface area contributed by atoms with Crippen LogP contribution in [0.15, 0.2) is 4.36 Å². The zero-order chi connectivity index (χ0) is 6.95. The van der Waals surface area contributed by atoms with Crippen molar-refractivity contribution in [3.05, 3.63) is 0 Å². The van der Waals surface area contributed by atoms with Gasteiger partial charge in [0.1, 0.15) is 0 Å². The Morgan fingerprint density at radius 2 is 2.11 bits per heavy atom. The molecular weight excluding hydrogens is 134 g/mol. The van der Waals surface area contributed by atoms with E-state index < -0.39 is 0 Å². The summed E-state index contributed by atoms with van der Waals surface area (Å²) >= 11 is 0.335. The van der Waals surface area contributed by atoms with E-state index in [0.717, 1.165) is 13.0 Å². The molecule has 0 spiro atoms. The molecule has 0 radical (unpaired) electrons. The van der Waals surface area contributed by atoms with E-state index in [1.807, 2.05) is 0 Å². The highest BCUT2D eigenvalue weighted by Crippen LogP contribution is 1.97. The summed E-state index contributed by atoms with van der Waals surface area (Å²) in [5, 5.41) is 0. The van der Waals surface area contributed by atoms with Crippen molar-refractivity contribution in [3.63, 3.8) is 0 Å². The molecule has 0 saturated carbocycles. The fourth-order valence-electron chi connectivity index (χ4n) is 0.640. The first-order valence-electron chi connectivity index (χ1n) is 3.37. The van der Waals surface area contributed by atoms with Crippen LogP contribution < -0.4 is 0 Å². The van der Waals surface area contributed by atoms with Crippen LogP contribution in [-0.4, -0.2) is 10.8 Å². The molecule has 0 N–H and O–H groups in total. The van der Waals surface area contributed by atoms with Gasteiger partial charge >= 0.3 is 0 Å². The molecule has 3 heteroatoms. The lowest BCUT2D eigenvalue weighted by molar-refractivity contribution is 0.671. The molecule has 0 heterocycles. The molecule has 0 unspecified atom stereocenters. The lowest BCUT2D eigenvalue weighted by Gasteiger charge is -1.90. The Kier molecular flexibility index (Phi) is 7.66. The van der Waals surface area contributed by atoms with E-state index in [4.69, 9.17) is 0 Å². The first-order chi connectivity index (χ1) is 4.41. The van der Waals surface area contributed by atoms with Crippen LogP contribution in [0.2, 0.25) is 0 Å². The van der Waals surface area contributed by atoms with E-state index in [-0.39, 0.29) is 0 Å². The molecule has 0 atom stereocenters. The minimum absolute atomic E-state index is 0.335. The van der Waals surface area contributed by atoms with Gasteiger partial charge in [-0.15, -0.1) is 0 Å². The van der Waals surface area contributed by atoms with Gasteiger partial charge < -0.3 is 0 Å². The van der Waals surface area contributed by atoms with Crippen molar-refractivity contribution in [1.29, 1.82) is 0 Å². The van der Waals surface area contributed by atoms with Crippen molar-refractivity contribution >= 4 is 11.5 Å². The number of hydrogen-bond acceptors (Lipinski definition) is 2. The zero-order valence-electron chi connectivity index (χ0n) is 5.80. The molecule has 0 aromatic heterocycles. The Morgan fingerprint density at radius 1 is 1.33 bits per heavy atom. The van der Waals surface area contributed by atoms with Gasteiger partial charge in [0, 0.05) is 0 Å². The molecule has 9 heavy (non-hydrogen) atoms. The van der Waals surface area contributed by atoms with Gasteiger partial charge in [0.05, 0.1) is 6.54 Å². The third-order valence-electron chi connectivity index (χ3n) is 1.16. The monoisotopic (exact) mass is 147 g/mol. The molecule has 0 aromatic carbocycles. The molecule has 0 fully saturated rings. The second-order valence-electron chi connectivity index (χ2n) is 1.99. The van der Waals surface area contributed by atoms with E-state index in [0.29, 0.717) is 11.5 Å². The van der Waals surface area contributed by atoms with Crippen LogP contribution >= 0.6 is 0 Å². The number of nitrogens with zero attached hydrogens (tertiary/aromatic N) is 1. The fourth-order valence-corrected chi connectivity index (χ4v) is 0.844. The lowest BCUT2D eigenvalue weighted by atomic mass is 10.2. The number of hydrogen-bond donors (Lipinski definition) is 0. The number of unbranched alkanes of at least 4 members (excludes halogenated alkanes) is 3. The average Bonchev–Trinajstić information content (AvgIpc) is 1.89. The van der Waals surface area contributed by atoms with Crippen molar-refractivity contribution < 1.29 is 4.21 Å². The maximum atomic E-state index is 9.71. The molecule has 0 aromatic rings. The third-order valence-corrected chi connectivity index (χ3v) is 1.44. The van der Waals surface area contributed by atoms with E-state index in [1.54, 1.807) is 0 Å². The zero-order valence-corrected chi connectivity index (χ0v) is 6.62. The van der Waals surface area contributed by atoms with Crippen molar-refractivity contribution in [2.24, 2.45) is 4.36 Å². The SMILES string of the molecule is CCCCCCN=S=O. The van der Waals surface area contributed by atoms with Gasteiger partial charge in [0.2, 0.25) is 0 Å². The third kappa shape index (κ3) is 7.82. The van der Waals surface area contributed by atoms with E-state index in [1.165, 1.54) is 19.3 Å². The van der Waals surface area contributed by atoms with Gasteiger partial charge in [-0.3, -0.25) is 0 Å². The highest BCUT2D eigenvalue weighted by Gasteiger charge is 1.83. The van der Waals surface area contributed by atoms with Crippen LogP contribution in [0.25, 0.3) is 0 Å². The Morgan fingerprint density at radius 3 is 2.67 bits per heavy atom. The summed E-state index contributed by atoms with van der Waals surface area (Å²) in [4.78, 5) is 0. The van der Waals surface area contributed by atoms with E-state index in [2.05, 4.69) is 11.3 Å². The molecule has 0 aliphatic rings. The molecule has 0 aliphatic carbocycles. The Balaban J connectivity index is 2.82. The van der Waals surface area contributed by atoms with Crippen molar-refractivity contribution in [2.75, 3.05) is 6.54 Å². The fraction of sp³-hybridized carbons (Fsp3) is 1.00. The van der Waals surface area contributed by atoms with Crippen molar-refractivity contribution in [2.45, 2.75) is 32.6 Å². The first kappa shape index (κ1) is 8.82. The standard InChI is InChI=1S/C6H13NOS/c1-2-3-4-5-6-7-9-8/h2-6H2,1H3. The molecule has 0 bridgehead atoms. The lowest BCUT2D eigenvalue weighted by Crippen LogP contribution is -1.79. The quantitative estimate of drug-likeness (QED) is 0.547. The Labute approximate surface area is 59.9 Å². The second-order valence-corrected chi connectivity index (χ2v) is 2.40. The summed E-state index contributed by atoms with van der Waals surface area (Å²) in [5.74, 6) is 0. The maximum absolute atomic E-state index is 9.71. The topological polar surface area (TPSA) is 29.4 Å².